The van der Waals surface area contributed by atoms with Crippen LogP contribution in [0.5, 0.6) is 0 Å². The number of nitrogens with zero attached hydrogens (tertiary/aromatic N) is 1. The van der Waals surface area contributed by atoms with Crippen molar-refractivity contribution in [3.63, 3.8) is 0 Å². The Morgan fingerprint density at radius 1 is 1.13 bits per heavy atom. The third-order valence-electron chi connectivity index (χ3n) is 4.51. The molecule has 5 heteroatoms. The number of carbonyl (C=O) groups excluding carboxylic acids is 2. The Morgan fingerprint density at radius 3 is 2.70 bits per heavy atom. The molecule has 4 rings (SSSR count). The molecule has 1 saturated heterocycles. The van der Waals surface area contributed by atoms with E-state index in [4.69, 9.17) is 0 Å². The smallest absolute Gasteiger partial charge is 0.319 e. The molecule has 2 heterocycles. The lowest BCUT2D eigenvalue weighted by atomic mass is 9.93. The molecule has 23 heavy (non-hydrogen) atoms. The first-order valence-electron chi connectivity index (χ1n) is 7.76. The zero-order chi connectivity index (χ0) is 15.8. The molecule has 1 unspecified atom stereocenters. The normalized spacial score (nSPS) is 19.2. The molecule has 0 aromatic heterocycles. The number of rotatable bonds is 2. The molecule has 2 aliphatic heterocycles. The third kappa shape index (κ3) is 2.44. The number of nitrogens with one attached hydrogen (secondary N) is 2. The summed E-state index contributed by atoms with van der Waals surface area (Å²) in [6, 6.07) is 15.5. The highest BCUT2D eigenvalue weighted by Gasteiger charge is 2.34. The van der Waals surface area contributed by atoms with Gasteiger partial charge < -0.3 is 15.5 Å². The summed E-state index contributed by atoms with van der Waals surface area (Å²) in [5, 5.41) is 5.47. The van der Waals surface area contributed by atoms with Crippen LogP contribution in [-0.4, -0.2) is 23.4 Å². The van der Waals surface area contributed by atoms with Crippen LogP contribution in [0.1, 0.15) is 33.9 Å². The van der Waals surface area contributed by atoms with Crippen LogP contribution < -0.4 is 10.6 Å². The molecule has 0 radical (unpaired) electrons. The van der Waals surface area contributed by atoms with Gasteiger partial charge in [-0.3, -0.25) is 4.79 Å². The monoisotopic (exact) mass is 307 g/mol. The second-order valence-corrected chi connectivity index (χ2v) is 5.89. The van der Waals surface area contributed by atoms with Crippen molar-refractivity contribution in [3.8, 4) is 0 Å². The molecule has 0 aliphatic carbocycles. The Morgan fingerprint density at radius 2 is 1.96 bits per heavy atom. The summed E-state index contributed by atoms with van der Waals surface area (Å²) < 4.78 is 0. The predicted octanol–water partition coefficient (Wildman–Crippen LogP) is 2.91. The van der Waals surface area contributed by atoms with Gasteiger partial charge in [0.2, 0.25) is 0 Å². The highest BCUT2D eigenvalue weighted by Crippen LogP contribution is 2.34. The van der Waals surface area contributed by atoms with Crippen molar-refractivity contribution >= 4 is 17.6 Å². The van der Waals surface area contributed by atoms with Crippen LogP contribution in [-0.2, 0) is 6.54 Å². The van der Waals surface area contributed by atoms with Gasteiger partial charge in [-0.25, -0.2) is 4.79 Å². The zero-order valence-electron chi connectivity index (χ0n) is 12.6. The van der Waals surface area contributed by atoms with E-state index in [1.807, 2.05) is 35.2 Å². The number of fused-ring (bicyclic) bond motifs is 1. The summed E-state index contributed by atoms with van der Waals surface area (Å²) in [5.41, 5.74) is 3.50. The minimum Gasteiger partial charge on any atom is -0.334 e. The van der Waals surface area contributed by atoms with Crippen molar-refractivity contribution in [1.29, 1.82) is 0 Å². The van der Waals surface area contributed by atoms with E-state index >= 15 is 0 Å². The van der Waals surface area contributed by atoms with Gasteiger partial charge in [0, 0.05) is 24.3 Å². The van der Waals surface area contributed by atoms with Crippen LogP contribution in [0, 0.1) is 0 Å². The SMILES string of the molecule is O=C1NCc2ccc(C(=O)N3CCC3c3ccccc3)cc2N1. The molecule has 2 N–H and O–H groups in total. The highest BCUT2D eigenvalue weighted by atomic mass is 16.2. The average Bonchev–Trinajstić information content (AvgIpc) is 2.54. The van der Waals surface area contributed by atoms with Crippen LogP contribution in [0.4, 0.5) is 10.5 Å². The van der Waals surface area contributed by atoms with Gasteiger partial charge in [0.15, 0.2) is 0 Å². The lowest BCUT2D eigenvalue weighted by Gasteiger charge is -2.41. The Kier molecular flexibility index (Phi) is 3.26. The highest BCUT2D eigenvalue weighted by molar-refractivity contribution is 5.98. The van der Waals surface area contributed by atoms with Crippen LogP contribution in [0.2, 0.25) is 0 Å². The first-order valence-corrected chi connectivity index (χ1v) is 7.76. The van der Waals surface area contributed by atoms with E-state index in [1.54, 1.807) is 6.07 Å². The van der Waals surface area contributed by atoms with Gasteiger partial charge in [-0.05, 0) is 29.7 Å². The molecule has 1 fully saturated rings. The zero-order valence-corrected chi connectivity index (χ0v) is 12.6. The number of benzene rings is 2. The average molecular weight is 307 g/mol. The van der Waals surface area contributed by atoms with E-state index in [9.17, 15) is 9.59 Å². The summed E-state index contributed by atoms with van der Waals surface area (Å²) >= 11 is 0. The fourth-order valence-corrected chi connectivity index (χ4v) is 3.14. The summed E-state index contributed by atoms with van der Waals surface area (Å²) in [7, 11) is 0. The second-order valence-electron chi connectivity index (χ2n) is 5.89. The number of hydrogen-bond acceptors (Lipinski definition) is 2. The van der Waals surface area contributed by atoms with Crippen LogP contribution in [0.25, 0.3) is 0 Å². The Balaban J connectivity index is 1.58. The number of amides is 3. The molecule has 2 aromatic rings. The molecule has 116 valence electrons. The van der Waals surface area contributed by atoms with Crippen molar-refractivity contribution < 1.29 is 9.59 Å². The number of urea groups is 1. The van der Waals surface area contributed by atoms with Crippen molar-refractivity contribution in [2.75, 3.05) is 11.9 Å². The van der Waals surface area contributed by atoms with Crippen LogP contribution in [0.15, 0.2) is 48.5 Å². The molecule has 5 nitrogen and oxygen atoms in total. The molecule has 1 atom stereocenters. The molecule has 0 saturated carbocycles. The van der Waals surface area contributed by atoms with Crippen molar-refractivity contribution in [3.05, 3.63) is 65.2 Å². The minimum atomic E-state index is -0.229. The van der Waals surface area contributed by atoms with Gasteiger partial charge in [0.1, 0.15) is 0 Å². The summed E-state index contributed by atoms with van der Waals surface area (Å²) in [4.78, 5) is 26.1. The first kappa shape index (κ1) is 13.8. The van der Waals surface area contributed by atoms with E-state index in [2.05, 4.69) is 22.8 Å². The van der Waals surface area contributed by atoms with Gasteiger partial charge >= 0.3 is 6.03 Å². The van der Waals surface area contributed by atoms with Crippen LogP contribution in [0.3, 0.4) is 0 Å². The van der Waals surface area contributed by atoms with Gasteiger partial charge in [-0.1, -0.05) is 36.4 Å². The van der Waals surface area contributed by atoms with Gasteiger partial charge in [-0.15, -0.1) is 0 Å². The van der Waals surface area contributed by atoms with Crippen molar-refractivity contribution in [2.24, 2.45) is 0 Å². The van der Waals surface area contributed by atoms with Gasteiger partial charge in [-0.2, -0.15) is 0 Å². The molecule has 2 aliphatic rings. The van der Waals surface area contributed by atoms with Crippen LogP contribution >= 0.6 is 0 Å². The maximum atomic E-state index is 12.8. The predicted molar refractivity (Wildman–Crippen MR) is 87.1 cm³/mol. The second kappa shape index (κ2) is 5.43. The van der Waals surface area contributed by atoms with Gasteiger partial charge in [0.05, 0.1) is 6.04 Å². The third-order valence-corrected chi connectivity index (χ3v) is 4.51. The number of anilines is 1. The molecule has 2 aromatic carbocycles. The lowest BCUT2D eigenvalue weighted by Crippen LogP contribution is -2.45. The van der Waals surface area contributed by atoms with Crippen molar-refractivity contribution in [2.45, 2.75) is 19.0 Å². The number of hydrogen-bond donors (Lipinski definition) is 2. The fraction of sp³-hybridized carbons (Fsp3) is 0.222. The first-order chi connectivity index (χ1) is 11.2. The Hall–Kier alpha value is -2.82. The van der Waals surface area contributed by atoms with E-state index in [-0.39, 0.29) is 18.0 Å². The van der Waals surface area contributed by atoms with Crippen molar-refractivity contribution in [1.82, 2.24) is 10.2 Å². The number of carbonyl (C=O) groups is 2. The quantitative estimate of drug-likeness (QED) is 0.896. The largest absolute Gasteiger partial charge is 0.334 e. The van der Waals surface area contributed by atoms with E-state index < -0.39 is 0 Å². The Labute approximate surface area is 134 Å². The van der Waals surface area contributed by atoms with E-state index in [0.29, 0.717) is 12.1 Å². The fourth-order valence-electron chi connectivity index (χ4n) is 3.14. The molecular formula is C18H17N3O2. The topological polar surface area (TPSA) is 61.4 Å². The maximum absolute atomic E-state index is 12.8. The summed E-state index contributed by atoms with van der Waals surface area (Å²) in [6.45, 7) is 1.26. The minimum absolute atomic E-state index is 0.0145. The molecule has 3 amide bonds. The molecular weight excluding hydrogens is 290 g/mol. The maximum Gasteiger partial charge on any atom is 0.319 e. The summed E-state index contributed by atoms with van der Waals surface area (Å²) in [5.74, 6) is 0.0145. The standard InChI is InChI=1S/C18H17N3O2/c22-17(21-9-8-16(21)12-4-2-1-3-5-12)13-6-7-14-11-19-18(23)20-15(14)10-13/h1-7,10,16H,8-9,11H2,(H2,19,20,23). The lowest BCUT2D eigenvalue weighted by molar-refractivity contribution is 0.0460. The number of likely N-dealkylation sites (tertiary alicyclic amines) is 1. The molecule has 0 spiro atoms. The Bertz CT molecular complexity index is 773. The molecule has 0 bridgehead atoms. The van der Waals surface area contributed by atoms with E-state index in [1.165, 1.54) is 5.56 Å². The van der Waals surface area contributed by atoms with E-state index in [0.717, 1.165) is 24.2 Å². The van der Waals surface area contributed by atoms with Gasteiger partial charge in [0.25, 0.3) is 5.91 Å². The summed E-state index contributed by atoms with van der Waals surface area (Å²) in [6.07, 6.45) is 0.987.